The van der Waals surface area contributed by atoms with Crippen molar-refractivity contribution in [2.24, 2.45) is 0 Å². The number of aromatic hydroxyl groups is 1. The zero-order chi connectivity index (χ0) is 14.5. The van der Waals surface area contributed by atoms with Gasteiger partial charge in [-0.25, -0.2) is 0 Å². The molecular weight excluding hydrogens is 280 g/mol. The van der Waals surface area contributed by atoms with Crippen LogP contribution in [0.5, 0.6) is 11.5 Å². The van der Waals surface area contributed by atoms with Gasteiger partial charge in [0.15, 0.2) is 5.78 Å². The van der Waals surface area contributed by atoms with Crippen molar-refractivity contribution < 1.29 is 19.4 Å². The largest absolute Gasteiger partial charge is 0.507 e. The predicted octanol–water partition coefficient (Wildman–Crippen LogP) is 2.77. The van der Waals surface area contributed by atoms with Crippen LogP contribution in [-0.4, -0.2) is 22.7 Å². The van der Waals surface area contributed by atoms with Crippen LogP contribution in [0.1, 0.15) is 15.9 Å². The number of phenols is 1. The Morgan fingerprint density at radius 2 is 1.80 bits per heavy atom. The normalized spacial score (nSPS) is 10.1. The number of carbonyl (C=O) groups is 2. The van der Waals surface area contributed by atoms with Crippen molar-refractivity contribution in [1.82, 2.24) is 0 Å². The summed E-state index contributed by atoms with van der Waals surface area (Å²) < 4.78 is 4.84. The number of rotatable bonds is 4. The lowest BCUT2D eigenvalue weighted by Crippen LogP contribution is -2.09. The van der Waals surface area contributed by atoms with E-state index in [1.165, 1.54) is 18.2 Å². The van der Waals surface area contributed by atoms with Crippen LogP contribution in [0.3, 0.4) is 0 Å². The molecule has 5 heteroatoms. The Kier molecular flexibility index (Phi) is 4.38. The number of benzene rings is 2. The molecule has 0 aliphatic rings. The van der Waals surface area contributed by atoms with Crippen molar-refractivity contribution >= 4 is 23.4 Å². The minimum Gasteiger partial charge on any atom is -0.507 e. The van der Waals surface area contributed by atoms with Crippen molar-refractivity contribution in [3.63, 3.8) is 0 Å². The Bertz CT molecular complexity index is 638. The second kappa shape index (κ2) is 6.21. The smallest absolute Gasteiger partial charge is 0.326 e. The van der Waals surface area contributed by atoms with Crippen molar-refractivity contribution in [3.05, 3.63) is 59.7 Å². The number of phenolic OH excluding ortho intramolecular Hbond substituents is 1. The summed E-state index contributed by atoms with van der Waals surface area (Å²) in [6, 6.07) is 12.6. The molecule has 0 saturated heterocycles. The summed E-state index contributed by atoms with van der Waals surface area (Å²) in [5, 5.41) is 9.86. The standard InChI is InChI=1S/C15H11ClO4/c16-9-14(18)20-11-6-7-12(13(17)8-11)15(19)10-4-2-1-3-5-10/h1-8,17H,9H2. The van der Waals surface area contributed by atoms with Crippen molar-refractivity contribution in [1.29, 1.82) is 0 Å². The summed E-state index contributed by atoms with van der Waals surface area (Å²) in [6.45, 7) is 0. The fourth-order valence-corrected chi connectivity index (χ4v) is 1.73. The molecule has 0 heterocycles. The van der Waals surface area contributed by atoms with Gasteiger partial charge in [0.05, 0.1) is 5.56 Å². The summed E-state index contributed by atoms with van der Waals surface area (Å²) in [6.07, 6.45) is 0. The Hall–Kier alpha value is -2.33. The molecule has 0 aromatic heterocycles. The minimum absolute atomic E-state index is 0.137. The second-order valence-corrected chi connectivity index (χ2v) is 4.25. The Morgan fingerprint density at radius 1 is 1.10 bits per heavy atom. The highest BCUT2D eigenvalue weighted by Crippen LogP contribution is 2.26. The molecule has 0 aliphatic carbocycles. The molecule has 0 aliphatic heterocycles. The molecule has 20 heavy (non-hydrogen) atoms. The van der Waals surface area contributed by atoms with E-state index < -0.39 is 5.97 Å². The molecule has 0 spiro atoms. The van der Waals surface area contributed by atoms with E-state index in [9.17, 15) is 14.7 Å². The lowest BCUT2D eigenvalue weighted by Gasteiger charge is -2.07. The van der Waals surface area contributed by atoms with Gasteiger partial charge in [-0.1, -0.05) is 30.3 Å². The van der Waals surface area contributed by atoms with Gasteiger partial charge in [-0.15, -0.1) is 11.6 Å². The molecule has 2 aromatic carbocycles. The summed E-state index contributed by atoms with van der Waals surface area (Å²) in [4.78, 5) is 23.2. The van der Waals surface area contributed by atoms with E-state index >= 15 is 0 Å². The SMILES string of the molecule is O=C(CCl)Oc1ccc(C(=O)c2ccccc2)c(O)c1. The van der Waals surface area contributed by atoms with Gasteiger partial charge >= 0.3 is 5.97 Å². The number of hydrogen-bond acceptors (Lipinski definition) is 4. The third kappa shape index (κ3) is 3.16. The van der Waals surface area contributed by atoms with Crippen LogP contribution >= 0.6 is 11.6 Å². The zero-order valence-electron chi connectivity index (χ0n) is 10.4. The second-order valence-electron chi connectivity index (χ2n) is 3.98. The first-order chi connectivity index (χ1) is 9.61. The first-order valence-corrected chi connectivity index (χ1v) is 6.34. The monoisotopic (exact) mass is 290 g/mol. The first-order valence-electron chi connectivity index (χ1n) is 5.81. The van der Waals surface area contributed by atoms with Gasteiger partial charge in [0.2, 0.25) is 0 Å². The van der Waals surface area contributed by atoms with Gasteiger partial charge < -0.3 is 9.84 Å². The summed E-state index contributed by atoms with van der Waals surface area (Å²) >= 11 is 5.31. The molecule has 0 bridgehead atoms. The molecule has 0 saturated carbocycles. The molecule has 0 fully saturated rings. The molecule has 2 aromatic rings. The average molecular weight is 291 g/mol. The Balaban J connectivity index is 2.26. The summed E-state index contributed by atoms with van der Waals surface area (Å²) in [7, 11) is 0. The van der Waals surface area contributed by atoms with Gasteiger partial charge in [-0.3, -0.25) is 9.59 Å². The molecule has 0 atom stereocenters. The fraction of sp³-hybridized carbons (Fsp3) is 0.0667. The van der Waals surface area contributed by atoms with Gasteiger partial charge in [0.1, 0.15) is 17.4 Å². The number of ketones is 1. The first kappa shape index (κ1) is 14.1. The molecule has 1 N–H and O–H groups in total. The van der Waals surface area contributed by atoms with Crippen LogP contribution in [0.15, 0.2) is 48.5 Å². The minimum atomic E-state index is -0.631. The number of alkyl halides is 1. The number of carbonyl (C=O) groups excluding carboxylic acids is 2. The van der Waals surface area contributed by atoms with Gasteiger partial charge in [-0.2, -0.15) is 0 Å². The Labute approximate surface area is 120 Å². The van der Waals surface area contributed by atoms with Crippen LogP contribution in [0.4, 0.5) is 0 Å². The molecule has 4 nitrogen and oxygen atoms in total. The molecule has 102 valence electrons. The van der Waals surface area contributed by atoms with E-state index in [0.717, 1.165) is 0 Å². The van der Waals surface area contributed by atoms with Crippen LogP contribution < -0.4 is 4.74 Å². The third-order valence-electron chi connectivity index (χ3n) is 2.59. The number of esters is 1. The van der Waals surface area contributed by atoms with E-state index in [1.54, 1.807) is 30.3 Å². The third-order valence-corrected chi connectivity index (χ3v) is 2.81. The van der Waals surface area contributed by atoms with E-state index in [4.69, 9.17) is 16.3 Å². The maximum atomic E-state index is 12.2. The molecular formula is C15H11ClO4. The topological polar surface area (TPSA) is 63.6 Å². The van der Waals surface area contributed by atoms with Crippen molar-refractivity contribution in [2.75, 3.05) is 5.88 Å². The fourth-order valence-electron chi connectivity index (χ4n) is 1.67. The quantitative estimate of drug-likeness (QED) is 0.407. The van der Waals surface area contributed by atoms with E-state index in [-0.39, 0.29) is 28.7 Å². The van der Waals surface area contributed by atoms with E-state index in [1.807, 2.05) is 0 Å². The number of hydrogen-bond donors (Lipinski definition) is 1. The van der Waals surface area contributed by atoms with Gasteiger partial charge in [-0.05, 0) is 12.1 Å². The molecule has 0 amide bonds. The highest BCUT2D eigenvalue weighted by atomic mass is 35.5. The summed E-state index contributed by atoms with van der Waals surface area (Å²) in [5.41, 5.74) is 0.607. The predicted molar refractivity (Wildman–Crippen MR) is 74.3 cm³/mol. The number of halogens is 1. The molecule has 0 unspecified atom stereocenters. The maximum absolute atomic E-state index is 12.2. The summed E-state index contributed by atoms with van der Waals surface area (Å²) in [5.74, 6) is -1.34. The highest BCUT2D eigenvalue weighted by Gasteiger charge is 2.14. The van der Waals surface area contributed by atoms with Crippen molar-refractivity contribution in [2.45, 2.75) is 0 Å². The van der Waals surface area contributed by atoms with E-state index in [0.29, 0.717) is 5.56 Å². The highest BCUT2D eigenvalue weighted by molar-refractivity contribution is 6.26. The van der Waals surface area contributed by atoms with Gasteiger partial charge in [0, 0.05) is 11.6 Å². The molecule has 2 rings (SSSR count). The van der Waals surface area contributed by atoms with E-state index in [2.05, 4.69) is 0 Å². The van der Waals surface area contributed by atoms with Crippen LogP contribution in [0, 0.1) is 0 Å². The van der Waals surface area contributed by atoms with Crippen LogP contribution in [0.25, 0.3) is 0 Å². The van der Waals surface area contributed by atoms with Gasteiger partial charge in [0.25, 0.3) is 0 Å². The van der Waals surface area contributed by atoms with Crippen molar-refractivity contribution in [3.8, 4) is 11.5 Å². The lowest BCUT2D eigenvalue weighted by molar-refractivity contribution is -0.131. The van der Waals surface area contributed by atoms with Crippen LogP contribution in [0.2, 0.25) is 0 Å². The number of ether oxygens (including phenoxy) is 1. The Morgan fingerprint density at radius 3 is 2.40 bits per heavy atom. The maximum Gasteiger partial charge on any atom is 0.326 e. The average Bonchev–Trinajstić information content (AvgIpc) is 2.47. The van der Waals surface area contributed by atoms with Crippen LogP contribution in [-0.2, 0) is 4.79 Å². The molecule has 0 radical (unpaired) electrons. The lowest BCUT2D eigenvalue weighted by atomic mass is 10.0. The zero-order valence-corrected chi connectivity index (χ0v) is 11.1.